The highest BCUT2D eigenvalue weighted by Gasteiger charge is 2.18. The Morgan fingerprint density at radius 3 is 2.39 bits per heavy atom. The highest BCUT2D eigenvalue weighted by atomic mass is 35.5. The first-order valence-corrected chi connectivity index (χ1v) is 11.7. The third-order valence-corrected chi connectivity index (χ3v) is 6.02. The first-order valence-electron chi connectivity index (χ1n) is 9.45. The predicted molar refractivity (Wildman–Crippen MR) is 125 cm³/mol. The SMILES string of the molecule is COc1ccc(C)cc1NC(=O)c1ccc(CN(c2cccc(Cl)c2)S(C)(=O)=O)cc1. The molecule has 0 saturated carbocycles. The summed E-state index contributed by atoms with van der Waals surface area (Å²) < 4.78 is 31.2. The van der Waals surface area contributed by atoms with Crippen LogP contribution in [0.5, 0.6) is 5.75 Å². The van der Waals surface area contributed by atoms with Crippen molar-refractivity contribution < 1.29 is 17.9 Å². The van der Waals surface area contributed by atoms with Crippen LogP contribution in [0.2, 0.25) is 5.02 Å². The maximum absolute atomic E-state index is 12.7. The average molecular weight is 459 g/mol. The molecule has 162 valence electrons. The Labute approximate surface area is 187 Å². The summed E-state index contributed by atoms with van der Waals surface area (Å²) in [6.07, 6.45) is 1.14. The van der Waals surface area contributed by atoms with Crippen molar-refractivity contribution >= 4 is 38.9 Å². The first-order chi connectivity index (χ1) is 14.7. The number of benzene rings is 3. The van der Waals surface area contributed by atoms with Gasteiger partial charge < -0.3 is 10.1 Å². The van der Waals surface area contributed by atoms with Crippen molar-refractivity contribution in [1.82, 2.24) is 0 Å². The maximum atomic E-state index is 12.7. The molecule has 0 bridgehead atoms. The van der Waals surface area contributed by atoms with Crippen molar-refractivity contribution in [3.05, 3.63) is 88.4 Å². The zero-order valence-electron chi connectivity index (χ0n) is 17.4. The second-order valence-electron chi connectivity index (χ2n) is 7.10. The van der Waals surface area contributed by atoms with Crippen LogP contribution in [0.25, 0.3) is 0 Å². The fourth-order valence-electron chi connectivity index (χ4n) is 3.07. The highest BCUT2D eigenvalue weighted by molar-refractivity contribution is 7.92. The molecule has 0 aliphatic rings. The second kappa shape index (κ2) is 9.41. The molecular weight excluding hydrogens is 436 g/mol. The normalized spacial score (nSPS) is 11.1. The molecule has 0 unspecified atom stereocenters. The van der Waals surface area contributed by atoms with Crippen molar-refractivity contribution in [3.63, 3.8) is 0 Å². The number of hydrogen-bond acceptors (Lipinski definition) is 4. The summed E-state index contributed by atoms with van der Waals surface area (Å²) in [6.45, 7) is 2.05. The molecule has 1 N–H and O–H groups in total. The molecule has 0 aromatic heterocycles. The highest BCUT2D eigenvalue weighted by Crippen LogP contribution is 2.26. The fourth-order valence-corrected chi connectivity index (χ4v) is 4.14. The molecule has 0 heterocycles. The molecule has 0 aliphatic heterocycles. The van der Waals surface area contributed by atoms with Crippen LogP contribution in [0, 0.1) is 6.92 Å². The number of sulfonamides is 1. The lowest BCUT2D eigenvalue weighted by atomic mass is 10.1. The zero-order valence-corrected chi connectivity index (χ0v) is 19.0. The number of carbonyl (C=O) groups excluding carboxylic acids is 1. The van der Waals surface area contributed by atoms with Crippen LogP contribution in [0.4, 0.5) is 11.4 Å². The van der Waals surface area contributed by atoms with Crippen molar-refractivity contribution in [1.29, 1.82) is 0 Å². The molecule has 6 nitrogen and oxygen atoms in total. The number of methoxy groups -OCH3 is 1. The maximum Gasteiger partial charge on any atom is 0.255 e. The van der Waals surface area contributed by atoms with Crippen LogP contribution in [0.3, 0.4) is 0 Å². The van der Waals surface area contributed by atoms with Gasteiger partial charge in [-0.3, -0.25) is 9.10 Å². The minimum absolute atomic E-state index is 0.118. The standard InChI is InChI=1S/C23H23ClN2O4S/c1-16-7-12-22(30-2)21(13-16)25-23(27)18-10-8-17(9-11-18)15-26(31(3,28)29)20-6-4-5-19(24)14-20/h4-14H,15H2,1-3H3,(H,25,27). The van der Waals surface area contributed by atoms with Crippen LogP contribution in [-0.2, 0) is 16.6 Å². The van der Waals surface area contributed by atoms with Gasteiger partial charge in [0.1, 0.15) is 5.75 Å². The molecule has 0 atom stereocenters. The van der Waals surface area contributed by atoms with Gasteiger partial charge in [0.2, 0.25) is 10.0 Å². The Balaban J connectivity index is 1.79. The lowest BCUT2D eigenvalue weighted by Gasteiger charge is -2.22. The number of nitrogens with zero attached hydrogens (tertiary/aromatic N) is 1. The molecule has 0 radical (unpaired) electrons. The fraction of sp³-hybridized carbons (Fsp3) is 0.174. The molecule has 31 heavy (non-hydrogen) atoms. The second-order valence-corrected chi connectivity index (χ2v) is 9.45. The number of carbonyl (C=O) groups is 1. The lowest BCUT2D eigenvalue weighted by Crippen LogP contribution is -2.29. The molecule has 0 spiro atoms. The lowest BCUT2D eigenvalue weighted by molar-refractivity contribution is 0.102. The summed E-state index contributed by atoms with van der Waals surface area (Å²) in [5.41, 5.74) is 3.23. The van der Waals surface area contributed by atoms with Gasteiger partial charge in [0, 0.05) is 10.6 Å². The summed E-state index contributed by atoms with van der Waals surface area (Å²) in [6, 6.07) is 19.0. The van der Waals surface area contributed by atoms with Gasteiger partial charge in [0.15, 0.2) is 0 Å². The summed E-state index contributed by atoms with van der Waals surface area (Å²) >= 11 is 6.02. The number of halogens is 1. The van der Waals surface area contributed by atoms with Gasteiger partial charge in [0.25, 0.3) is 5.91 Å². The average Bonchev–Trinajstić information content (AvgIpc) is 2.71. The van der Waals surface area contributed by atoms with Crippen molar-refractivity contribution in [3.8, 4) is 5.75 Å². The Bertz CT molecular complexity index is 1190. The van der Waals surface area contributed by atoms with Crippen LogP contribution >= 0.6 is 11.6 Å². The van der Waals surface area contributed by atoms with Gasteiger partial charge in [-0.15, -0.1) is 0 Å². The van der Waals surface area contributed by atoms with E-state index in [1.807, 2.05) is 19.1 Å². The molecule has 8 heteroatoms. The van der Waals surface area contributed by atoms with E-state index in [9.17, 15) is 13.2 Å². The van der Waals surface area contributed by atoms with Crippen LogP contribution in [0.15, 0.2) is 66.7 Å². The summed E-state index contributed by atoms with van der Waals surface area (Å²) in [5, 5.41) is 3.30. The zero-order chi connectivity index (χ0) is 22.6. The summed E-state index contributed by atoms with van der Waals surface area (Å²) in [4.78, 5) is 12.7. The number of hydrogen-bond donors (Lipinski definition) is 1. The molecule has 0 saturated heterocycles. The van der Waals surface area contributed by atoms with Crippen molar-refractivity contribution in [2.24, 2.45) is 0 Å². The molecule has 0 fully saturated rings. The molecular formula is C23H23ClN2O4S. The quantitative estimate of drug-likeness (QED) is 0.547. The Morgan fingerprint density at radius 1 is 1.06 bits per heavy atom. The van der Waals surface area contributed by atoms with E-state index in [1.54, 1.807) is 61.7 Å². The first kappa shape index (κ1) is 22.7. The van der Waals surface area contributed by atoms with E-state index in [0.717, 1.165) is 17.4 Å². The van der Waals surface area contributed by atoms with Crippen LogP contribution in [0.1, 0.15) is 21.5 Å². The van der Waals surface area contributed by atoms with Gasteiger partial charge in [0.05, 0.1) is 31.3 Å². The number of anilines is 2. The topological polar surface area (TPSA) is 75.7 Å². The smallest absolute Gasteiger partial charge is 0.255 e. The third-order valence-electron chi connectivity index (χ3n) is 4.64. The van der Waals surface area contributed by atoms with Gasteiger partial charge in [-0.1, -0.05) is 35.9 Å². The molecule has 1 amide bonds. The summed E-state index contributed by atoms with van der Waals surface area (Å²) in [5.74, 6) is 0.283. The Kier molecular flexibility index (Phi) is 6.87. The molecule has 3 aromatic carbocycles. The Morgan fingerprint density at radius 2 is 1.77 bits per heavy atom. The van der Waals surface area contributed by atoms with E-state index in [1.165, 1.54) is 4.31 Å². The number of amides is 1. The van der Waals surface area contributed by atoms with Gasteiger partial charge >= 0.3 is 0 Å². The monoisotopic (exact) mass is 458 g/mol. The number of rotatable bonds is 7. The summed E-state index contributed by atoms with van der Waals surface area (Å²) in [7, 11) is -1.99. The number of ether oxygens (including phenoxy) is 1. The number of nitrogens with one attached hydrogen (secondary N) is 1. The third kappa shape index (κ3) is 5.77. The van der Waals surface area contributed by atoms with Crippen molar-refractivity contribution in [2.75, 3.05) is 23.0 Å². The molecule has 0 aliphatic carbocycles. The van der Waals surface area contributed by atoms with E-state index in [4.69, 9.17) is 16.3 Å². The molecule has 3 rings (SSSR count). The molecule has 3 aromatic rings. The van der Waals surface area contributed by atoms with Gasteiger partial charge in [-0.05, 0) is 60.5 Å². The number of aryl methyl sites for hydroxylation is 1. The minimum atomic E-state index is -3.53. The Hall–Kier alpha value is -3.03. The van der Waals surface area contributed by atoms with E-state index >= 15 is 0 Å². The van der Waals surface area contributed by atoms with E-state index < -0.39 is 10.0 Å². The minimum Gasteiger partial charge on any atom is -0.495 e. The van der Waals surface area contributed by atoms with E-state index in [2.05, 4.69) is 5.32 Å². The predicted octanol–water partition coefficient (Wildman–Crippen LogP) is 4.88. The van der Waals surface area contributed by atoms with Crippen molar-refractivity contribution in [2.45, 2.75) is 13.5 Å². The van der Waals surface area contributed by atoms with Gasteiger partial charge in [-0.2, -0.15) is 0 Å². The largest absolute Gasteiger partial charge is 0.495 e. The van der Waals surface area contributed by atoms with E-state index in [-0.39, 0.29) is 12.5 Å². The van der Waals surface area contributed by atoms with E-state index in [0.29, 0.717) is 27.7 Å². The van der Waals surface area contributed by atoms with Crippen LogP contribution in [-0.4, -0.2) is 27.7 Å². The van der Waals surface area contributed by atoms with Crippen LogP contribution < -0.4 is 14.4 Å². The van der Waals surface area contributed by atoms with Gasteiger partial charge in [-0.25, -0.2) is 8.42 Å².